The number of tetrazole rings is 1. The lowest BCUT2D eigenvalue weighted by molar-refractivity contribution is 0.392. The molecule has 6 heteroatoms. The van der Waals surface area contributed by atoms with Gasteiger partial charge in [-0.2, -0.15) is 0 Å². The maximum absolute atomic E-state index is 6.20. The molecule has 0 radical (unpaired) electrons. The first kappa shape index (κ1) is 13.8. The van der Waals surface area contributed by atoms with Gasteiger partial charge >= 0.3 is 0 Å². The van der Waals surface area contributed by atoms with Gasteiger partial charge in [0.15, 0.2) is 5.82 Å². The molecule has 102 valence electrons. The largest absolute Gasteiger partial charge is 0.399 e. The minimum absolute atomic E-state index is 0.557. The monoisotopic (exact) mass is 279 g/mol. The van der Waals surface area contributed by atoms with Crippen molar-refractivity contribution in [1.82, 2.24) is 20.2 Å². The summed E-state index contributed by atoms with van der Waals surface area (Å²) in [6.07, 6.45) is 2.20. The second-order valence-electron chi connectivity index (χ2n) is 4.61. The van der Waals surface area contributed by atoms with Crippen LogP contribution in [0.4, 0.5) is 5.69 Å². The highest BCUT2D eigenvalue weighted by Gasteiger charge is 2.15. The zero-order valence-corrected chi connectivity index (χ0v) is 11.9. The Morgan fingerprint density at radius 1 is 1.32 bits per heavy atom. The molecule has 0 aliphatic heterocycles. The molecular formula is C13H18ClN5. The Balaban J connectivity index is 2.36. The van der Waals surface area contributed by atoms with Crippen molar-refractivity contribution in [2.24, 2.45) is 5.92 Å². The standard InChI is InChI=1S/C13H18ClN5/c1-3-9(4-2)8-19-13(16-17-18-19)11-7-10(15)5-6-12(11)14/h5-7,9H,3-4,8,15H2,1-2H3. The van der Waals surface area contributed by atoms with Crippen molar-refractivity contribution in [2.75, 3.05) is 5.73 Å². The van der Waals surface area contributed by atoms with Gasteiger partial charge in [-0.3, -0.25) is 0 Å². The number of hydrogen-bond donors (Lipinski definition) is 1. The quantitative estimate of drug-likeness (QED) is 0.854. The molecule has 0 unspecified atom stereocenters. The lowest BCUT2D eigenvalue weighted by atomic mass is 10.0. The van der Waals surface area contributed by atoms with Crippen molar-refractivity contribution in [3.05, 3.63) is 23.2 Å². The Morgan fingerprint density at radius 2 is 2.05 bits per heavy atom. The van der Waals surface area contributed by atoms with Gasteiger partial charge in [0.05, 0.1) is 5.02 Å². The van der Waals surface area contributed by atoms with Crippen molar-refractivity contribution >= 4 is 17.3 Å². The SMILES string of the molecule is CCC(CC)Cn1nnnc1-c1cc(N)ccc1Cl. The second kappa shape index (κ2) is 6.02. The third kappa shape index (κ3) is 3.04. The molecule has 0 atom stereocenters. The Morgan fingerprint density at radius 3 is 2.74 bits per heavy atom. The van der Waals surface area contributed by atoms with Gasteiger partial charge in [0.25, 0.3) is 0 Å². The molecule has 5 nitrogen and oxygen atoms in total. The minimum Gasteiger partial charge on any atom is -0.399 e. The maximum Gasteiger partial charge on any atom is 0.183 e. The molecular weight excluding hydrogens is 262 g/mol. The van der Waals surface area contributed by atoms with Gasteiger partial charge < -0.3 is 5.73 Å². The average molecular weight is 280 g/mol. The second-order valence-corrected chi connectivity index (χ2v) is 5.01. The number of aromatic nitrogens is 4. The molecule has 0 amide bonds. The maximum atomic E-state index is 6.20. The van der Waals surface area contributed by atoms with E-state index in [-0.39, 0.29) is 0 Å². The highest BCUT2D eigenvalue weighted by molar-refractivity contribution is 6.33. The molecule has 2 aromatic rings. The van der Waals surface area contributed by atoms with Gasteiger partial charge in [-0.25, -0.2) is 4.68 Å². The summed E-state index contributed by atoms with van der Waals surface area (Å²) in [6.45, 7) is 5.14. The Hall–Kier alpha value is -1.62. The molecule has 2 N–H and O–H groups in total. The summed E-state index contributed by atoms with van der Waals surface area (Å²) in [5.74, 6) is 1.23. The van der Waals surface area contributed by atoms with Gasteiger partial charge in [-0.1, -0.05) is 38.3 Å². The van der Waals surface area contributed by atoms with E-state index in [1.54, 1.807) is 22.9 Å². The molecule has 0 saturated heterocycles. The van der Waals surface area contributed by atoms with Crippen LogP contribution in [0.25, 0.3) is 11.4 Å². The van der Waals surface area contributed by atoms with E-state index in [9.17, 15) is 0 Å². The number of nitrogens with zero attached hydrogens (tertiary/aromatic N) is 4. The summed E-state index contributed by atoms with van der Waals surface area (Å²) < 4.78 is 1.80. The zero-order chi connectivity index (χ0) is 13.8. The van der Waals surface area contributed by atoms with Crippen LogP contribution in [0.5, 0.6) is 0 Å². The normalized spacial score (nSPS) is 11.2. The number of hydrogen-bond acceptors (Lipinski definition) is 4. The van der Waals surface area contributed by atoms with E-state index < -0.39 is 0 Å². The number of nitrogen functional groups attached to an aromatic ring is 1. The Bertz CT molecular complexity index is 548. The van der Waals surface area contributed by atoms with Crippen LogP contribution in [0.1, 0.15) is 26.7 Å². The number of rotatable bonds is 5. The molecule has 0 saturated carbocycles. The van der Waals surface area contributed by atoms with Crippen LogP contribution in [-0.4, -0.2) is 20.2 Å². The lowest BCUT2D eigenvalue weighted by Crippen LogP contribution is -2.12. The van der Waals surface area contributed by atoms with Gasteiger partial charge in [-0.05, 0) is 34.5 Å². The first-order chi connectivity index (χ1) is 9.15. The first-order valence-corrected chi connectivity index (χ1v) is 6.85. The fourth-order valence-corrected chi connectivity index (χ4v) is 2.23. The summed E-state index contributed by atoms with van der Waals surface area (Å²) in [5.41, 5.74) is 7.23. The topological polar surface area (TPSA) is 69.6 Å². The van der Waals surface area contributed by atoms with Gasteiger partial charge in [0, 0.05) is 17.8 Å². The van der Waals surface area contributed by atoms with Gasteiger partial charge in [0.2, 0.25) is 0 Å². The smallest absolute Gasteiger partial charge is 0.183 e. The van der Waals surface area contributed by atoms with Crippen molar-refractivity contribution < 1.29 is 0 Å². The third-order valence-corrected chi connectivity index (χ3v) is 3.68. The first-order valence-electron chi connectivity index (χ1n) is 6.47. The van der Waals surface area contributed by atoms with Crippen molar-refractivity contribution in [3.63, 3.8) is 0 Å². The predicted molar refractivity (Wildman–Crippen MR) is 76.7 cm³/mol. The van der Waals surface area contributed by atoms with Crippen LogP contribution < -0.4 is 5.73 Å². The highest BCUT2D eigenvalue weighted by atomic mass is 35.5. The number of nitrogens with two attached hydrogens (primary N) is 1. The molecule has 0 bridgehead atoms. The summed E-state index contributed by atoms with van der Waals surface area (Å²) in [7, 11) is 0. The minimum atomic E-state index is 0.557. The van der Waals surface area contributed by atoms with E-state index in [4.69, 9.17) is 17.3 Å². The van der Waals surface area contributed by atoms with Crippen LogP contribution in [0, 0.1) is 5.92 Å². The van der Waals surface area contributed by atoms with Crippen LogP contribution in [0.15, 0.2) is 18.2 Å². The Labute approximate surface area is 117 Å². The predicted octanol–water partition coefficient (Wildman–Crippen LogP) is 3.01. The van der Waals surface area contributed by atoms with E-state index in [1.807, 2.05) is 0 Å². The van der Waals surface area contributed by atoms with Crippen molar-refractivity contribution in [2.45, 2.75) is 33.2 Å². The Kier molecular flexibility index (Phi) is 4.37. The van der Waals surface area contributed by atoms with Crippen LogP contribution in [0.2, 0.25) is 5.02 Å². The fourth-order valence-electron chi connectivity index (χ4n) is 2.03. The molecule has 0 aliphatic carbocycles. The molecule has 2 rings (SSSR count). The van der Waals surface area contributed by atoms with Crippen LogP contribution >= 0.6 is 11.6 Å². The number of halogens is 1. The summed E-state index contributed by atoms with van der Waals surface area (Å²) >= 11 is 6.20. The number of benzene rings is 1. The number of anilines is 1. The molecule has 1 aromatic heterocycles. The average Bonchev–Trinajstić information content (AvgIpc) is 2.86. The van der Waals surface area contributed by atoms with E-state index >= 15 is 0 Å². The summed E-state index contributed by atoms with van der Waals surface area (Å²) in [6, 6.07) is 5.33. The lowest BCUT2D eigenvalue weighted by Gasteiger charge is -2.13. The van der Waals surface area contributed by atoms with Crippen LogP contribution in [-0.2, 0) is 6.54 Å². The zero-order valence-electron chi connectivity index (χ0n) is 11.2. The van der Waals surface area contributed by atoms with E-state index in [1.165, 1.54) is 0 Å². The highest BCUT2D eigenvalue weighted by Crippen LogP contribution is 2.28. The summed E-state index contributed by atoms with van der Waals surface area (Å²) in [4.78, 5) is 0. The van der Waals surface area contributed by atoms with E-state index in [0.29, 0.717) is 22.5 Å². The van der Waals surface area contributed by atoms with Crippen LogP contribution in [0.3, 0.4) is 0 Å². The van der Waals surface area contributed by atoms with Gasteiger partial charge in [0.1, 0.15) is 0 Å². The molecule has 1 heterocycles. The summed E-state index contributed by atoms with van der Waals surface area (Å²) in [5, 5.41) is 12.5. The third-order valence-electron chi connectivity index (χ3n) is 3.35. The van der Waals surface area contributed by atoms with Gasteiger partial charge in [-0.15, -0.1) is 5.10 Å². The van der Waals surface area contributed by atoms with E-state index in [0.717, 1.165) is 24.9 Å². The molecule has 1 aromatic carbocycles. The van der Waals surface area contributed by atoms with Crippen molar-refractivity contribution in [1.29, 1.82) is 0 Å². The molecule has 0 aliphatic rings. The molecule has 19 heavy (non-hydrogen) atoms. The molecule has 0 fully saturated rings. The fraction of sp³-hybridized carbons (Fsp3) is 0.462. The van der Waals surface area contributed by atoms with Crippen molar-refractivity contribution in [3.8, 4) is 11.4 Å². The molecule has 0 spiro atoms. The van der Waals surface area contributed by atoms with E-state index in [2.05, 4.69) is 29.4 Å².